The monoisotopic (exact) mass is 359 g/mol. The molecule has 0 saturated heterocycles. The highest BCUT2D eigenvalue weighted by Crippen LogP contribution is 2.27. The Morgan fingerprint density at radius 1 is 1.31 bits per heavy atom. The van der Waals surface area contributed by atoms with Crippen LogP contribution in [0.5, 0.6) is 0 Å². The highest BCUT2D eigenvalue weighted by molar-refractivity contribution is 6.03. The molecule has 2 aromatic heterocycles. The molecule has 0 aromatic carbocycles. The van der Waals surface area contributed by atoms with Crippen LogP contribution < -0.4 is 10.6 Å². The van der Waals surface area contributed by atoms with Crippen molar-refractivity contribution in [2.45, 2.75) is 59.4 Å². The van der Waals surface area contributed by atoms with E-state index in [1.165, 1.54) is 0 Å². The van der Waals surface area contributed by atoms with E-state index in [-0.39, 0.29) is 23.3 Å². The Labute approximate surface area is 154 Å². The van der Waals surface area contributed by atoms with E-state index in [9.17, 15) is 9.59 Å². The lowest BCUT2D eigenvalue weighted by Gasteiger charge is -2.28. The predicted molar refractivity (Wildman–Crippen MR) is 102 cm³/mol. The van der Waals surface area contributed by atoms with Gasteiger partial charge in [0, 0.05) is 24.2 Å². The first kappa shape index (κ1) is 19.9. The minimum Gasteiger partial charge on any atom is -0.464 e. The SMILES string of the molecule is CCCC(C)(CC)C(=O)NC(C)CCNC(=O)c1nccc2occc12. The van der Waals surface area contributed by atoms with Crippen molar-refractivity contribution in [3.8, 4) is 0 Å². The zero-order chi connectivity index (χ0) is 19.2. The maximum absolute atomic E-state index is 12.5. The van der Waals surface area contributed by atoms with Crippen LogP contribution in [-0.2, 0) is 4.79 Å². The zero-order valence-corrected chi connectivity index (χ0v) is 16.1. The van der Waals surface area contributed by atoms with Gasteiger partial charge in [-0.3, -0.25) is 14.6 Å². The van der Waals surface area contributed by atoms with Crippen molar-refractivity contribution in [1.82, 2.24) is 15.6 Å². The van der Waals surface area contributed by atoms with Crippen LogP contribution in [0.1, 0.15) is 63.9 Å². The van der Waals surface area contributed by atoms with Crippen molar-refractivity contribution in [3.63, 3.8) is 0 Å². The third-order valence-corrected chi connectivity index (χ3v) is 4.97. The van der Waals surface area contributed by atoms with Crippen LogP contribution in [-0.4, -0.2) is 29.4 Å². The van der Waals surface area contributed by atoms with Gasteiger partial charge >= 0.3 is 0 Å². The molecule has 0 spiro atoms. The largest absolute Gasteiger partial charge is 0.464 e. The number of nitrogens with zero attached hydrogens (tertiary/aromatic N) is 1. The van der Waals surface area contributed by atoms with Gasteiger partial charge in [-0.1, -0.05) is 27.2 Å². The van der Waals surface area contributed by atoms with Gasteiger partial charge in [-0.25, -0.2) is 0 Å². The molecule has 26 heavy (non-hydrogen) atoms. The number of furan rings is 1. The summed E-state index contributed by atoms with van der Waals surface area (Å²) in [7, 11) is 0. The molecule has 6 heteroatoms. The molecule has 0 bridgehead atoms. The summed E-state index contributed by atoms with van der Waals surface area (Å²) < 4.78 is 5.29. The summed E-state index contributed by atoms with van der Waals surface area (Å²) in [6, 6.07) is 3.45. The molecular formula is C20H29N3O3. The van der Waals surface area contributed by atoms with E-state index >= 15 is 0 Å². The Hall–Kier alpha value is -2.37. The van der Waals surface area contributed by atoms with Gasteiger partial charge in [0.2, 0.25) is 5.91 Å². The van der Waals surface area contributed by atoms with Gasteiger partial charge in [-0.15, -0.1) is 0 Å². The molecular weight excluding hydrogens is 330 g/mol. The molecule has 2 atom stereocenters. The van der Waals surface area contributed by atoms with Gasteiger partial charge in [-0.05, 0) is 38.3 Å². The summed E-state index contributed by atoms with van der Waals surface area (Å²) in [6.45, 7) is 8.57. The van der Waals surface area contributed by atoms with Crippen molar-refractivity contribution in [1.29, 1.82) is 0 Å². The van der Waals surface area contributed by atoms with Crippen molar-refractivity contribution in [2.75, 3.05) is 6.54 Å². The Morgan fingerprint density at radius 2 is 2.08 bits per heavy atom. The number of fused-ring (bicyclic) bond motifs is 1. The van der Waals surface area contributed by atoms with Crippen LogP contribution in [0, 0.1) is 5.41 Å². The number of carbonyl (C=O) groups is 2. The number of carbonyl (C=O) groups excluding carboxylic acids is 2. The molecule has 0 saturated carbocycles. The molecule has 2 unspecified atom stereocenters. The zero-order valence-electron chi connectivity index (χ0n) is 16.1. The van der Waals surface area contributed by atoms with Crippen LogP contribution in [0.2, 0.25) is 0 Å². The molecule has 2 rings (SSSR count). The first-order chi connectivity index (χ1) is 12.4. The Morgan fingerprint density at radius 3 is 2.77 bits per heavy atom. The van der Waals surface area contributed by atoms with E-state index in [1.807, 2.05) is 20.8 Å². The lowest BCUT2D eigenvalue weighted by atomic mass is 9.82. The Bertz CT molecular complexity index is 756. The van der Waals surface area contributed by atoms with E-state index in [0.29, 0.717) is 29.6 Å². The third-order valence-electron chi connectivity index (χ3n) is 4.97. The molecule has 2 amide bonds. The van der Waals surface area contributed by atoms with E-state index in [2.05, 4.69) is 22.5 Å². The second-order valence-corrected chi connectivity index (χ2v) is 7.08. The van der Waals surface area contributed by atoms with E-state index < -0.39 is 0 Å². The van der Waals surface area contributed by atoms with Crippen LogP contribution in [0.4, 0.5) is 0 Å². The van der Waals surface area contributed by atoms with Gasteiger partial charge < -0.3 is 15.1 Å². The highest BCUT2D eigenvalue weighted by Gasteiger charge is 2.30. The average Bonchev–Trinajstić information content (AvgIpc) is 3.10. The van der Waals surface area contributed by atoms with Gasteiger partial charge in [0.05, 0.1) is 11.6 Å². The van der Waals surface area contributed by atoms with Gasteiger partial charge in [-0.2, -0.15) is 0 Å². The molecule has 142 valence electrons. The fraction of sp³-hybridized carbons (Fsp3) is 0.550. The quantitative estimate of drug-likeness (QED) is 0.715. The van der Waals surface area contributed by atoms with Crippen LogP contribution in [0.3, 0.4) is 0 Å². The second kappa shape index (κ2) is 8.83. The average molecular weight is 359 g/mol. The summed E-state index contributed by atoms with van der Waals surface area (Å²) in [6.07, 6.45) is 6.43. The number of rotatable bonds is 9. The standard InChI is InChI=1S/C20H29N3O3/c1-5-10-20(4,6-2)19(25)23-14(3)7-11-22-18(24)17-15-9-13-26-16(15)8-12-21-17/h8-9,12-14H,5-7,10-11H2,1-4H3,(H,22,24)(H,23,25). The predicted octanol–water partition coefficient (Wildman–Crippen LogP) is 3.67. The van der Waals surface area contributed by atoms with E-state index in [1.54, 1.807) is 24.6 Å². The smallest absolute Gasteiger partial charge is 0.270 e. The van der Waals surface area contributed by atoms with E-state index in [0.717, 1.165) is 19.3 Å². The number of aromatic nitrogens is 1. The van der Waals surface area contributed by atoms with Crippen molar-refractivity contribution >= 4 is 22.8 Å². The molecule has 2 heterocycles. The molecule has 2 N–H and O–H groups in total. The third kappa shape index (κ3) is 4.62. The Balaban J connectivity index is 1.84. The summed E-state index contributed by atoms with van der Waals surface area (Å²) >= 11 is 0. The number of hydrogen-bond donors (Lipinski definition) is 2. The topological polar surface area (TPSA) is 84.2 Å². The van der Waals surface area contributed by atoms with Gasteiger partial charge in [0.25, 0.3) is 5.91 Å². The minimum atomic E-state index is -0.326. The lowest BCUT2D eigenvalue weighted by molar-refractivity contribution is -0.131. The molecule has 0 radical (unpaired) electrons. The first-order valence-corrected chi connectivity index (χ1v) is 9.32. The van der Waals surface area contributed by atoms with Gasteiger partial charge in [0.1, 0.15) is 11.3 Å². The molecule has 0 fully saturated rings. The fourth-order valence-corrected chi connectivity index (χ4v) is 3.03. The van der Waals surface area contributed by atoms with Crippen molar-refractivity contribution in [3.05, 3.63) is 30.3 Å². The number of nitrogens with one attached hydrogen (secondary N) is 2. The fourth-order valence-electron chi connectivity index (χ4n) is 3.03. The Kier molecular flexibility index (Phi) is 6.77. The summed E-state index contributed by atoms with van der Waals surface area (Å²) in [5.74, 6) is -0.148. The molecule has 0 aliphatic rings. The van der Waals surface area contributed by atoms with Crippen molar-refractivity contribution < 1.29 is 14.0 Å². The molecule has 0 aliphatic heterocycles. The minimum absolute atomic E-state index is 0.0109. The van der Waals surface area contributed by atoms with Crippen LogP contribution in [0.25, 0.3) is 11.0 Å². The summed E-state index contributed by atoms with van der Waals surface area (Å²) in [5.41, 5.74) is 0.669. The maximum Gasteiger partial charge on any atom is 0.270 e. The lowest BCUT2D eigenvalue weighted by Crippen LogP contribution is -2.44. The summed E-state index contributed by atoms with van der Waals surface area (Å²) in [4.78, 5) is 29.0. The number of hydrogen-bond acceptors (Lipinski definition) is 4. The van der Waals surface area contributed by atoms with Crippen LogP contribution >= 0.6 is 0 Å². The normalized spacial score (nSPS) is 14.6. The maximum atomic E-state index is 12.5. The summed E-state index contributed by atoms with van der Waals surface area (Å²) in [5, 5.41) is 6.64. The molecule has 2 aromatic rings. The molecule has 6 nitrogen and oxygen atoms in total. The number of amides is 2. The first-order valence-electron chi connectivity index (χ1n) is 9.32. The van der Waals surface area contributed by atoms with E-state index in [4.69, 9.17) is 4.42 Å². The van der Waals surface area contributed by atoms with Crippen LogP contribution in [0.15, 0.2) is 29.0 Å². The highest BCUT2D eigenvalue weighted by atomic mass is 16.3. The van der Waals surface area contributed by atoms with Gasteiger partial charge in [0.15, 0.2) is 0 Å². The molecule has 0 aliphatic carbocycles. The second-order valence-electron chi connectivity index (χ2n) is 7.08. The number of pyridine rings is 1. The van der Waals surface area contributed by atoms with Crippen molar-refractivity contribution in [2.24, 2.45) is 5.41 Å².